The minimum atomic E-state index is -3.50. The van der Waals surface area contributed by atoms with Crippen molar-refractivity contribution >= 4 is 15.8 Å². The lowest BCUT2D eigenvalue weighted by atomic mass is 10.0. The fourth-order valence-electron chi connectivity index (χ4n) is 1.84. The normalized spacial score (nSPS) is 11.4. The van der Waals surface area contributed by atoms with Crippen LogP contribution in [0.1, 0.15) is 25.3 Å². The van der Waals surface area contributed by atoms with E-state index in [1.54, 1.807) is 0 Å². The van der Waals surface area contributed by atoms with Crippen LogP contribution >= 0.6 is 0 Å². The van der Waals surface area contributed by atoms with Crippen molar-refractivity contribution in [2.75, 3.05) is 25.6 Å². The summed E-state index contributed by atoms with van der Waals surface area (Å²) in [5, 5.41) is 9.74. The molecule has 0 saturated heterocycles. The summed E-state index contributed by atoms with van der Waals surface area (Å²) >= 11 is 0. The van der Waals surface area contributed by atoms with Gasteiger partial charge in [-0.2, -0.15) is 0 Å². The molecule has 0 aromatic heterocycles. The third-order valence-corrected chi connectivity index (χ3v) is 4.79. The fraction of sp³-hybridized carbons (Fsp3) is 0.438. The maximum atomic E-state index is 12.2. The monoisotopic (exact) mass is 342 g/mol. The highest BCUT2D eigenvalue weighted by Gasteiger charge is 2.17. The highest BCUT2D eigenvalue weighted by Crippen LogP contribution is 2.28. The second kappa shape index (κ2) is 8.69. The quantitative estimate of drug-likeness (QED) is 0.419. The summed E-state index contributed by atoms with van der Waals surface area (Å²) < 4.78 is 34.3. The predicted octanol–water partition coefficient (Wildman–Crippen LogP) is 2.04. The van der Waals surface area contributed by atoms with E-state index in [4.69, 9.17) is 9.47 Å². The average molecular weight is 342 g/mol. The zero-order chi connectivity index (χ0) is 17.5. The highest BCUT2D eigenvalue weighted by molar-refractivity contribution is 7.91. The van der Waals surface area contributed by atoms with Gasteiger partial charge in [-0.1, -0.05) is 20.4 Å². The molecule has 1 aromatic rings. The standard InChI is InChI=1S/C16H22O6S/c1-4-16(18)22-8-7-21-9-10-23(19,20)13-5-6-15(17)14(11-13)12(2)3/h4-6,11-12,17H,1,7-10H2,2-3H3. The molecule has 0 fully saturated rings. The first-order valence-corrected chi connectivity index (χ1v) is 8.85. The molecule has 0 atom stereocenters. The molecular weight excluding hydrogens is 320 g/mol. The van der Waals surface area contributed by atoms with Crippen LogP contribution in [-0.2, 0) is 24.1 Å². The molecule has 0 radical (unpaired) electrons. The van der Waals surface area contributed by atoms with E-state index in [1.165, 1.54) is 18.2 Å². The molecule has 0 aliphatic heterocycles. The van der Waals surface area contributed by atoms with Gasteiger partial charge in [0.1, 0.15) is 12.4 Å². The number of ether oxygens (including phenoxy) is 2. The Balaban J connectivity index is 2.55. The molecule has 1 aromatic carbocycles. The van der Waals surface area contributed by atoms with Gasteiger partial charge in [0.25, 0.3) is 0 Å². The van der Waals surface area contributed by atoms with E-state index >= 15 is 0 Å². The van der Waals surface area contributed by atoms with Crippen LogP contribution in [-0.4, -0.2) is 45.1 Å². The van der Waals surface area contributed by atoms with Crippen LogP contribution < -0.4 is 0 Å². The summed E-state index contributed by atoms with van der Waals surface area (Å²) in [6.45, 7) is 7.15. The summed E-state index contributed by atoms with van der Waals surface area (Å²) in [4.78, 5) is 10.9. The molecule has 128 valence electrons. The number of carbonyl (C=O) groups is 1. The van der Waals surface area contributed by atoms with Gasteiger partial charge in [-0.15, -0.1) is 0 Å². The van der Waals surface area contributed by atoms with Crippen molar-refractivity contribution in [3.05, 3.63) is 36.4 Å². The fourth-order valence-corrected chi connectivity index (χ4v) is 2.99. The van der Waals surface area contributed by atoms with Crippen molar-refractivity contribution in [2.45, 2.75) is 24.7 Å². The predicted molar refractivity (Wildman–Crippen MR) is 86.2 cm³/mol. The summed E-state index contributed by atoms with van der Waals surface area (Å²) in [7, 11) is -3.50. The first-order valence-electron chi connectivity index (χ1n) is 7.20. The van der Waals surface area contributed by atoms with Crippen LogP contribution in [0.25, 0.3) is 0 Å². The van der Waals surface area contributed by atoms with Gasteiger partial charge in [-0.3, -0.25) is 0 Å². The summed E-state index contributed by atoms with van der Waals surface area (Å²) in [5.41, 5.74) is 0.586. The van der Waals surface area contributed by atoms with Gasteiger partial charge in [0.15, 0.2) is 9.84 Å². The number of aromatic hydroxyl groups is 1. The molecule has 0 saturated carbocycles. The number of rotatable bonds is 9. The number of benzene rings is 1. The number of carbonyl (C=O) groups excluding carboxylic acids is 1. The molecule has 1 N–H and O–H groups in total. The van der Waals surface area contributed by atoms with E-state index in [1.807, 2.05) is 13.8 Å². The Labute approximate surface area is 136 Å². The minimum absolute atomic E-state index is 0.00807. The van der Waals surface area contributed by atoms with Crippen molar-refractivity contribution in [3.63, 3.8) is 0 Å². The SMILES string of the molecule is C=CC(=O)OCCOCCS(=O)(=O)c1ccc(O)c(C(C)C)c1. The Morgan fingerprint density at radius 1 is 1.30 bits per heavy atom. The van der Waals surface area contributed by atoms with E-state index < -0.39 is 15.8 Å². The van der Waals surface area contributed by atoms with Gasteiger partial charge < -0.3 is 14.6 Å². The smallest absolute Gasteiger partial charge is 0.330 e. The molecule has 0 heterocycles. The zero-order valence-electron chi connectivity index (χ0n) is 13.3. The van der Waals surface area contributed by atoms with Gasteiger partial charge in [-0.25, -0.2) is 13.2 Å². The third-order valence-electron chi connectivity index (χ3n) is 3.12. The van der Waals surface area contributed by atoms with Crippen LogP contribution in [0.2, 0.25) is 0 Å². The Morgan fingerprint density at radius 3 is 2.61 bits per heavy atom. The molecule has 0 aliphatic carbocycles. The van der Waals surface area contributed by atoms with Gasteiger partial charge in [0.2, 0.25) is 0 Å². The first kappa shape index (κ1) is 19.2. The van der Waals surface area contributed by atoms with Crippen molar-refractivity contribution in [1.82, 2.24) is 0 Å². The zero-order valence-corrected chi connectivity index (χ0v) is 14.1. The van der Waals surface area contributed by atoms with E-state index in [-0.39, 0.29) is 42.1 Å². The Kier molecular flexibility index (Phi) is 7.25. The van der Waals surface area contributed by atoms with E-state index in [2.05, 4.69) is 6.58 Å². The van der Waals surface area contributed by atoms with Crippen LogP contribution in [0.15, 0.2) is 35.7 Å². The lowest BCUT2D eigenvalue weighted by molar-refractivity contribution is -0.139. The number of hydrogen-bond acceptors (Lipinski definition) is 6. The maximum absolute atomic E-state index is 12.2. The molecule has 0 amide bonds. The molecule has 1 rings (SSSR count). The molecule has 0 unspecified atom stereocenters. The number of phenolic OH excluding ortho intramolecular Hbond substituents is 1. The summed E-state index contributed by atoms with van der Waals surface area (Å²) in [6.07, 6.45) is 1.04. The Morgan fingerprint density at radius 2 is 2.00 bits per heavy atom. The molecule has 6 nitrogen and oxygen atoms in total. The lowest BCUT2D eigenvalue weighted by Crippen LogP contribution is -2.15. The van der Waals surface area contributed by atoms with E-state index in [0.29, 0.717) is 5.56 Å². The molecule has 0 aliphatic rings. The van der Waals surface area contributed by atoms with Crippen LogP contribution in [0.5, 0.6) is 5.75 Å². The van der Waals surface area contributed by atoms with E-state index in [0.717, 1.165) is 6.08 Å². The minimum Gasteiger partial charge on any atom is -0.508 e. The highest BCUT2D eigenvalue weighted by atomic mass is 32.2. The molecule has 23 heavy (non-hydrogen) atoms. The molecule has 0 bridgehead atoms. The Bertz CT molecular complexity index is 649. The Hall–Kier alpha value is -1.86. The number of hydrogen-bond donors (Lipinski definition) is 1. The third kappa shape index (κ3) is 6.03. The van der Waals surface area contributed by atoms with Crippen molar-refractivity contribution in [1.29, 1.82) is 0 Å². The van der Waals surface area contributed by atoms with Gasteiger partial charge in [-0.05, 0) is 29.7 Å². The topological polar surface area (TPSA) is 89.9 Å². The second-order valence-electron chi connectivity index (χ2n) is 5.18. The average Bonchev–Trinajstić information content (AvgIpc) is 2.50. The summed E-state index contributed by atoms with van der Waals surface area (Å²) in [5.74, 6) is -0.642. The summed E-state index contributed by atoms with van der Waals surface area (Å²) in [6, 6.07) is 4.25. The van der Waals surface area contributed by atoms with Gasteiger partial charge in [0.05, 0.1) is 23.9 Å². The van der Waals surface area contributed by atoms with Gasteiger partial charge in [0, 0.05) is 6.08 Å². The maximum Gasteiger partial charge on any atom is 0.330 e. The second-order valence-corrected chi connectivity index (χ2v) is 7.29. The largest absolute Gasteiger partial charge is 0.508 e. The van der Waals surface area contributed by atoms with Crippen molar-refractivity contribution in [3.8, 4) is 5.75 Å². The van der Waals surface area contributed by atoms with E-state index in [9.17, 15) is 18.3 Å². The number of sulfone groups is 1. The van der Waals surface area contributed by atoms with Crippen molar-refractivity contribution < 1.29 is 27.8 Å². The lowest BCUT2D eigenvalue weighted by Gasteiger charge is -2.11. The molecular formula is C16H22O6S. The number of esters is 1. The van der Waals surface area contributed by atoms with Gasteiger partial charge >= 0.3 is 5.97 Å². The van der Waals surface area contributed by atoms with Crippen LogP contribution in [0.3, 0.4) is 0 Å². The van der Waals surface area contributed by atoms with Crippen molar-refractivity contribution in [2.24, 2.45) is 0 Å². The first-order chi connectivity index (χ1) is 10.8. The van der Waals surface area contributed by atoms with Crippen LogP contribution in [0, 0.1) is 0 Å². The molecule has 0 spiro atoms. The number of phenols is 1. The van der Waals surface area contributed by atoms with Crippen LogP contribution in [0.4, 0.5) is 0 Å². The molecule has 7 heteroatoms.